The SMILES string of the molecule is CC(C)(C)OC=O.CCCC(C)N1Cc2cc(C(=O)N3CCCC3)ccc2C1=O.O=CNC=O. The molecule has 0 radical (unpaired) electrons. The van der Waals surface area contributed by atoms with Crippen molar-refractivity contribution in [3.05, 3.63) is 34.9 Å². The highest BCUT2D eigenvalue weighted by Crippen LogP contribution is 2.27. The van der Waals surface area contributed by atoms with Gasteiger partial charge in [0.15, 0.2) is 0 Å². The van der Waals surface area contributed by atoms with E-state index in [4.69, 9.17) is 9.59 Å². The van der Waals surface area contributed by atoms with E-state index in [-0.39, 0.29) is 23.5 Å². The van der Waals surface area contributed by atoms with Gasteiger partial charge in [0.1, 0.15) is 5.60 Å². The van der Waals surface area contributed by atoms with Gasteiger partial charge in [-0.15, -0.1) is 0 Å². The van der Waals surface area contributed by atoms with Gasteiger partial charge in [0.25, 0.3) is 18.3 Å². The second kappa shape index (κ2) is 14.1. The van der Waals surface area contributed by atoms with Crippen LogP contribution in [0.5, 0.6) is 0 Å². The summed E-state index contributed by atoms with van der Waals surface area (Å²) in [7, 11) is 0. The number of benzene rings is 1. The Labute approximate surface area is 201 Å². The van der Waals surface area contributed by atoms with E-state index < -0.39 is 0 Å². The summed E-state index contributed by atoms with van der Waals surface area (Å²) in [6.45, 7) is 12.5. The van der Waals surface area contributed by atoms with Crippen LogP contribution in [0.3, 0.4) is 0 Å². The molecule has 1 aromatic carbocycles. The highest BCUT2D eigenvalue weighted by atomic mass is 16.5. The molecule has 4 amide bonds. The van der Waals surface area contributed by atoms with Gasteiger partial charge in [-0.05, 0) is 70.7 Å². The smallest absolute Gasteiger partial charge is 0.293 e. The van der Waals surface area contributed by atoms with Crippen molar-refractivity contribution in [3.63, 3.8) is 0 Å². The van der Waals surface area contributed by atoms with Gasteiger partial charge < -0.3 is 19.9 Å². The van der Waals surface area contributed by atoms with Crippen molar-refractivity contribution in [2.45, 2.75) is 78.5 Å². The normalized spacial score (nSPS) is 15.1. The Kier molecular flexibility index (Phi) is 12.0. The van der Waals surface area contributed by atoms with Crippen LogP contribution in [0, 0.1) is 0 Å². The minimum atomic E-state index is -0.318. The Balaban J connectivity index is 0.000000401. The van der Waals surface area contributed by atoms with Crippen molar-refractivity contribution in [2.75, 3.05) is 13.1 Å². The maximum absolute atomic E-state index is 12.5. The number of carbonyl (C=O) groups excluding carboxylic acids is 5. The summed E-state index contributed by atoms with van der Waals surface area (Å²) >= 11 is 0. The fourth-order valence-corrected chi connectivity index (χ4v) is 3.68. The molecule has 1 N–H and O–H groups in total. The van der Waals surface area contributed by atoms with Gasteiger partial charge >= 0.3 is 0 Å². The lowest BCUT2D eigenvalue weighted by molar-refractivity contribution is -0.138. The molecule has 34 heavy (non-hydrogen) atoms. The molecule has 3 rings (SSSR count). The number of carbonyl (C=O) groups is 5. The molecule has 1 aromatic rings. The Hall–Kier alpha value is -3.23. The number of nitrogens with one attached hydrogen (secondary N) is 1. The quantitative estimate of drug-likeness (QED) is 0.607. The third-order valence-corrected chi connectivity index (χ3v) is 5.35. The summed E-state index contributed by atoms with van der Waals surface area (Å²) in [6, 6.07) is 5.82. The molecule has 2 aliphatic rings. The van der Waals surface area contributed by atoms with Crippen molar-refractivity contribution in [2.24, 2.45) is 0 Å². The van der Waals surface area contributed by atoms with Crippen molar-refractivity contribution < 1.29 is 28.7 Å². The summed E-state index contributed by atoms with van der Waals surface area (Å²) in [5.74, 6) is 0.212. The molecule has 9 heteroatoms. The largest absolute Gasteiger partial charge is 0.462 e. The summed E-state index contributed by atoms with van der Waals surface area (Å²) in [5.41, 5.74) is 2.17. The number of rotatable bonds is 7. The lowest BCUT2D eigenvalue weighted by Crippen LogP contribution is -2.33. The Morgan fingerprint density at radius 1 is 1.15 bits per heavy atom. The zero-order valence-electron chi connectivity index (χ0n) is 20.8. The molecule has 0 aliphatic carbocycles. The Morgan fingerprint density at radius 3 is 2.21 bits per heavy atom. The minimum Gasteiger partial charge on any atom is -0.462 e. The first kappa shape index (κ1) is 28.8. The van der Waals surface area contributed by atoms with E-state index in [1.54, 1.807) is 5.32 Å². The maximum atomic E-state index is 12.5. The fourth-order valence-electron chi connectivity index (χ4n) is 3.68. The van der Waals surface area contributed by atoms with Crippen LogP contribution in [0.15, 0.2) is 18.2 Å². The number of hydrogen-bond acceptors (Lipinski definition) is 6. The van der Waals surface area contributed by atoms with Crippen LogP contribution in [0.25, 0.3) is 0 Å². The van der Waals surface area contributed by atoms with Gasteiger partial charge in [-0.3, -0.25) is 24.0 Å². The maximum Gasteiger partial charge on any atom is 0.293 e. The average molecular weight is 476 g/mol. The van der Waals surface area contributed by atoms with E-state index in [0.29, 0.717) is 25.8 Å². The van der Waals surface area contributed by atoms with E-state index in [1.807, 2.05) is 48.8 Å². The molecule has 1 unspecified atom stereocenters. The molecule has 1 saturated heterocycles. The zero-order valence-corrected chi connectivity index (χ0v) is 20.8. The van der Waals surface area contributed by atoms with Gasteiger partial charge in [0.05, 0.1) is 0 Å². The van der Waals surface area contributed by atoms with Gasteiger partial charge in [-0.1, -0.05) is 13.3 Å². The third kappa shape index (κ3) is 8.96. The lowest BCUT2D eigenvalue weighted by Gasteiger charge is -2.23. The van der Waals surface area contributed by atoms with E-state index in [9.17, 15) is 14.4 Å². The molecule has 2 heterocycles. The Bertz CT molecular complexity index is 838. The number of imide groups is 1. The summed E-state index contributed by atoms with van der Waals surface area (Å²) in [6.07, 6.45) is 4.90. The molecular formula is C25H37N3O6. The van der Waals surface area contributed by atoms with E-state index in [2.05, 4.69) is 18.6 Å². The lowest BCUT2D eigenvalue weighted by atomic mass is 10.1. The molecule has 0 aromatic heterocycles. The second-order valence-electron chi connectivity index (χ2n) is 9.17. The highest BCUT2D eigenvalue weighted by Gasteiger charge is 2.31. The number of amides is 4. The van der Waals surface area contributed by atoms with E-state index >= 15 is 0 Å². The minimum absolute atomic E-state index is 0.104. The van der Waals surface area contributed by atoms with Crippen LogP contribution < -0.4 is 5.32 Å². The van der Waals surface area contributed by atoms with Crippen molar-refractivity contribution in [1.29, 1.82) is 0 Å². The van der Waals surface area contributed by atoms with Gasteiger partial charge in [-0.2, -0.15) is 0 Å². The molecule has 188 valence electrons. The van der Waals surface area contributed by atoms with Crippen LogP contribution in [-0.4, -0.2) is 65.6 Å². The standard InChI is InChI=1S/C18H24N2O2.C5H10O2.C2H3NO2/c1-3-6-13(2)20-12-15-11-14(7-8-16(15)18(20)22)17(21)19-9-4-5-10-19;1-5(2,3)7-4-6;4-1-3-2-5/h7-8,11,13H,3-6,9-10,12H2,1-2H3;4H,1-3H3;1-2H,(H,3,4,5). The molecule has 2 aliphatic heterocycles. The molecule has 0 bridgehead atoms. The van der Waals surface area contributed by atoms with Crippen LogP contribution in [-0.2, 0) is 25.7 Å². The summed E-state index contributed by atoms with van der Waals surface area (Å²) < 4.78 is 4.55. The van der Waals surface area contributed by atoms with Crippen LogP contribution in [0.1, 0.15) is 86.6 Å². The molecule has 1 fully saturated rings. The fraction of sp³-hybridized carbons (Fsp3) is 0.560. The molecule has 9 nitrogen and oxygen atoms in total. The third-order valence-electron chi connectivity index (χ3n) is 5.35. The predicted octanol–water partition coefficient (Wildman–Crippen LogP) is 2.91. The first-order chi connectivity index (χ1) is 16.1. The molecular weight excluding hydrogens is 438 g/mol. The first-order valence-corrected chi connectivity index (χ1v) is 11.6. The van der Waals surface area contributed by atoms with Gasteiger partial charge in [-0.25, -0.2) is 0 Å². The Morgan fingerprint density at radius 2 is 1.76 bits per heavy atom. The van der Waals surface area contributed by atoms with Crippen LogP contribution in [0.2, 0.25) is 0 Å². The average Bonchev–Trinajstić information content (AvgIpc) is 3.42. The summed E-state index contributed by atoms with van der Waals surface area (Å²) in [4.78, 5) is 56.5. The number of ether oxygens (including phenoxy) is 1. The van der Waals surface area contributed by atoms with Crippen molar-refractivity contribution >= 4 is 31.1 Å². The monoisotopic (exact) mass is 475 g/mol. The number of fused-ring (bicyclic) bond motifs is 1. The number of nitrogens with zero attached hydrogens (tertiary/aromatic N) is 2. The summed E-state index contributed by atoms with van der Waals surface area (Å²) in [5, 5.41) is 1.75. The second-order valence-corrected chi connectivity index (χ2v) is 9.17. The van der Waals surface area contributed by atoms with E-state index in [1.165, 1.54) is 0 Å². The topological polar surface area (TPSA) is 113 Å². The predicted molar refractivity (Wildman–Crippen MR) is 128 cm³/mol. The van der Waals surface area contributed by atoms with E-state index in [0.717, 1.165) is 55.5 Å². The van der Waals surface area contributed by atoms with Crippen molar-refractivity contribution in [3.8, 4) is 0 Å². The van der Waals surface area contributed by atoms with Gasteiger partial charge in [0, 0.05) is 36.8 Å². The van der Waals surface area contributed by atoms with Gasteiger partial charge in [0.2, 0.25) is 12.8 Å². The molecule has 1 atom stereocenters. The number of hydrogen-bond donors (Lipinski definition) is 1. The highest BCUT2D eigenvalue weighted by molar-refractivity contribution is 6.01. The first-order valence-electron chi connectivity index (χ1n) is 11.6. The number of likely N-dealkylation sites (tertiary alicyclic amines) is 1. The van der Waals surface area contributed by atoms with Crippen molar-refractivity contribution in [1.82, 2.24) is 15.1 Å². The zero-order chi connectivity index (χ0) is 25.7. The van der Waals surface area contributed by atoms with Crippen LogP contribution in [0.4, 0.5) is 0 Å². The molecule has 0 spiro atoms. The van der Waals surface area contributed by atoms with Crippen LogP contribution >= 0.6 is 0 Å². The molecule has 0 saturated carbocycles.